The Bertz CT molecular complexity index is 1740. The molecule has 218 valence electrons. The van der Waals surface area contributed by atoms with Crippen LogP contribution in [0.2, 0.25) is 0 Å². The fourth-order valence-corrected chi connectivity index (χ4v) is 5.99. The number of ether oxygens (including phenoxy) is 1. The number of Topliss-reactive ketones (excluding diaryl/α,β-unsaturated/α-hetero) is 1. The number of aromatic nitrogens is 2. The number of methoxy groups -OCH3 is 1. The quantitative estimate of drug-likeness (QED) is 0.213. The summed E-state index contributed by atoms with van der Waals surface area (Å²) in [6.07, 6.45) is 7.09. The summed E-state index contributed by atoms with van der Waals surface area (Å²) in [4.78, 5) is 35.0. The monoisotopic (exact) mass is 579 g/mol. The summed E-state index contributed by atoms with van der Waals surface area (Å²) < 4.78 is 33.9. The van der Waals surface area contributed by atoms with Crippen molar-refractivity contribution < 1.29 is 23.1 Å². The number of benzene rings is 2. The van der Waals surface area contributed by atoms with E-state index in [-0.39, 0.29) is 25.0 Å². The number of amides is 1. The first-order valence-electron chi connectivity index (χ1n) is 14.4. The van der Waals surface area contributed by atoms with E-state index in [4.69, 9.17) is 15.5 Å². The number of hydrogen-bond donors (Lipinski definition) is 1. The summed E-state index contributed by atoms with van der Waals surface area (Å²) in [5, 5.41) is 0. The number of primary amides is 1. The van der Waals surface area contributed by atoms with Crippen LogP contribution in [0.15, 0.2) is 72.9 Å². The van der Waals surface area contributed by atoms with Crippen LogP contribution < -0.4 is 10.5 Å². The van der Waals surface area contributed by atoms with E-state index in [0.717, 1.165) is 41.3 Å². The number of rotatable bonds is 11. The van der Waals surface area contributed by atoms with Crippen LogP contribution >= 0.6 is 0 Å². The average molecular weight is 580 g/mol. The maximum Gasteiger partial charge on any atom is 0.248 e. The molecular weight excluding hydrogens is 548 g/mol. The van der Waals surface area contributed by atoms with Gasteiger partial charge in [-0.05, 0) is 90.3 Å². The summed E-state index contributed by atoms with van der Waals surface area (Å²) in [6.45, 7) is 0. The summed E-state index contributed by atoms with van der Waals surface area (Å²) in [5.41, 5.74) is 12.2. The highest BCUT2D eigenvalue weighted by atomic mass is 19.1. The molecule has 2 aliphatic carbocycles. The molecule has 0 unspecified atom stereocenters. The van der Waals surface area contributed by atoms with Crippen molar-refractivity contribution in [1.29, 1.82) is 0 Å². The molecule has 0 aliphatic heterocycles. The van der Waals surface area contributed by atoms with Gasteiger partial charge in [-0.2, -0.15) is 0 Å². The molecule has 0 radical (unpaired) electrons. The Balaban J connectivity index is 1.31. The number of pyridine rings is 2. The van der Waals surface area contributed by atoms with Gasteiger partial charge in [-0.1, -0.05) is 24.3 Å². The molecule has 6 rings (SSSR count). The van der Waals surface area contributed by atoms with E-state index in [9.17, 15) is 18.4 Å². The molecule has 0 saturated heterocycles. The molecule has 0 spiro atoms. The average Bonchev–Trinajstić information content (AvgIpc) is 3.77. The molecular formula is C35H31F2N3O3. The lowest BCUT2D eigenvalue weighted by Gasteiger charge is -2.20. The van der Waals surface area contributed by atoms with E-state index in [0.29, 0.717) is 46.2 Å². The van der Waals surface area contributed by atoms with Crippen molar-refractivity contribution in [3.63, 3.8) is 0 Å². The van der Waals surface area contributed by atoms with Gasteiger partial charge in [0.1, 0.15) is 17.4 Å². The van der Waals surface area contributed by atoms with Crippen LogP contribution in [0.1, 0.15) is 76.0 Å². The van der Waals surface area contributed by atoms with Crippen molar-refractivity contribution in [2.24, 2.45) is 5.73 Å². The molecule has 2 aromatic carbocycles. The third-order valence-corrected chi connectivity index (χ3v) is 8.13. The minimum absolute atomic E-state index is 0.0458. The molecule has 8 heteroatoms. The third-order valence-electron chi connectivity index (χ3n) is 8.13. The predicted octanol–water partition coefficient (Wildman–Crippen LogP) is 6.72. The topological polar surface area (TPSA) is 95.2 Å². The Morgan fingerprint density at radius 2 is 1.84 bits per heavy atom. The van der Waals surface area contributed by atoms with Crippen molar-refractivity contribution in [2.75, 3.05) is 7.11 Å². The number of nitrogens with zero attached hydrogens (tertiary/aromatic N) is 2. The van der Waals surface area contributed by atoms with Gasteiger partial charge in [0.25, 0.3) is 0 Å². The van der Waals surface area contributed by atoms with Crippen LogP contribution in [0.3, 0.4) is 0 Å². The van der Waals surface area contributed by atoms with E-state index in [1.54, 1.807) is 37.6 Å². The Hall–Kier alpha value is -4.72. The number of ketones is 1. The summed E-state index contributed by atoms with van der Waals surface area (Å²) in [7, 11) is 1.62. The molecule has 1 amide bonds. The van der Waals surface area contributed by atoms with Crippen molar-refractivity contribution >= 4 is 17.3 Å². The Labute approximate surface area is 248 Å². The first-order valence-corrected chi connectivity index (χ1v) is 14.4. The van der Waals surface area contributed by atoms with Gasteiger partial charge in [0.05, 0.1) is 18.5 Å². The Kier molecular flexibility index (Phi) is 7.84. The van der Waals surface area contributed by atoms with Gasteiger partial charge in [0.2, 0.25) is 11.8 Å². The van der Waals surface area contributed by atoms with E-state index in [1.165, 1.54) is 12.1 Å². The number of fused-ring (bicyclic) bond motifs is 1. The molecule has 4 aromatic rings. The highest BCUT2D eigenvalue weighted by Gasteiger charge is 2.31. The summed E-state index contributed by atoms with van der Waals surface area (Å²) >= 11 is 0. The number of halogens is 2. The van der Waals surface area contributed by atoms with Crippen molar-refractivity contribution in [3.8, 4) is 17.0 Å². The molecule has 2 N–H and O–H groups in total. The predicted molar refractivity (Wildman–Crippen MR) is 160 cm³/mol. The zero-order valence-electron chi connectivity index (χ0n) is 23.8. The molecule has 2 heterocycles. The first-order chi connectivity index (χ1) is 20.8. The van der Waals surface area contributed by atoms with Gasteiger partial charge < -0.3 is 10.5 Å². The fraction of sp³-hybridized carbons (Fsp3) is 0.257. The lowest BCUT2D eigenvalue weighted by Crippen LogP contribution is -2.14. The molecule has 2 aromatic heterocycles. The normalized spacial score (nSPS) is 14.6. The van der Waals surface area contributed by atoms with Crippen molar-refractivity contribution in [1.82, 2.24) is 9.97 Å². The molecule has 43 heavy (non-hydrogen) atoms. The van der Waals surface area contributed by atoms with E-state index < -0.39 is 23.5 Å². The highest BCUT2D eigenvalue weighted by Crippen LogP contribution is 2.46. The SMILES string of the molecule is COc1nc2c(cc1C1CC1)CC=C2CC(=O)C[C@@H](Cc1cc(F)cc(F)c1)c1ncccc1-c1cccc(C(N)=O)c1. The van der Waals surface area contributed by atoms with E-state index in [2.05, 4.69) is 11.1 Å². The minimum Gasteiger partial charge on any atom is -0.481 e. The second kappa shape index (κ2) is 11.9. The maximum absolute atomic E-state index is 14.2. The van der Waals surface area contributed by atoms with Crippen LogP contribution in [0.5, 0.6) is 5.88 Å². The standard InChI is InChI=1S/C35H31F2N3O3/c1-43-35-31(21-7-8-21)18-24-10-9-23(32(24)40-35)16-29(41)17-26(12-20-13-27(36)19-28(37)14-20)33-30(6-3-11-39-33)22-4-2-5-25(15-22)34(38)42/h2-6,9,11,13-15,18-19,21,26H,7-8,10,12,16-17H2,1H3,(H2,38,42)/t26-/m1/s1. The van der Waals surface area contributed by atoms with Crippen LogP contribution in [0, 0.1) is 11.6 Å². The molecule has 0 bridgehead atoms. The Morgan fingerprint density at radius 3 is 2.56 bits per heavy atom. The zero-order chi connectivity index (χ0) is 30.1. The fourth-order valence-electron chi connectivity index (χ4n) is 5.99. The number of carbonyl (C=O) groups excluding carboxylic acids is 2. The van der Waals surface area contributed by atoms with Gasteiger partial charge in [-0.3, -0.25) is 14.6 Å². The van der Waals surface area contributed by atoms with E-state index >= 15 is 0 Å². The number of nitrogens with two attached hydrogens (primary N) is 1. The number of hydrogen-bond acceptors (Lipinski definition) is 5. The largest absolute Gasteiger partial charge is 0.481 e. The first kappa shape index (κ1) is 28.4. The smallest absolute Gasteiger partial charge is 0.248 e. The summed E-state index contributed by atoms with van der Waals surface area (Å²) in [5.74, 6) is -1.37. The maximum atomic E-state index is 14.2. The van der Waals surface area contributed by atoms with Crippen molar-refractivity contribution in [3.05, 3.63) is 118 Å². The minimum atomic E-state index is -0.686. The highest BCUT2D eigenvalue weighted by molar-refractivity contribution is 5.94. The van der Waals surface area contributed by atoms with Crippen LogP contribution in [-0.4, -0.2) is 28.8 Å². The molecule has 1 saturated carbocycles. The lowest BCUT2D eigenvalue weighted by molar-refractivity contribution is -0.118. The molecule has 1 atom stereocenters. The van der Waals surface area contributed by atoms with Crippen LogP contribution in [0.25, 0.3) is 16.7 Å². The number of allylic oxidation sites excluding steroid dienone is 2. The zero-order valence-corrected chi connectivity index (χ0v) is 23.8. The Morgan fingerprint density at radius 1 is 1.05 bits per heavy atom. The molecule has 2 aliphatic rings. The summed E-state index contributed by atoms with van der Waals surface area (Å²) in [6, 6.07) is 16.0. The van der Waals surface area contributed by atoms with E-state index in [1.807, 2.05) is 18.2 Å². The van der Waals surface area contributed by atoms with Crippen LogP contribution in [-0.2, 0) is 17.6 Å². The third kappa shape index (κ3) is 6.23. The van der Waals surface area contributed by atoms with Gasteiger partial charge in [0.15, 0.2) is 0 Å². The van der Waals surface area contributed by atoms with Crippen LogP contribution in [0.4, 0.5) is 8.78 Å². The van der Waals surface area contributed by atoms with Gasteiger partial charge >= 0.3 is 0 Å². The molecule has 6 nitrogen and oxygen atoms in total. The lowest BCUT2D eigenvalue weighted by atomic mass is 9.85. The second-order valence-corrected chi connectivity index (χ2v) is 11.3. The molecule has 1 fully saturated rings. The number of carbonyl (C=O) groups is 2. The van der Waals surface area contributed by atoms with Gasteiger partial charge in [-0.15, -0.1) is 0 Å². The second-order valence-electron chi connectivity index (χ2n) is 11.3. The van der Waals surface area contributed by atoms with Gasteiger partial charge in [-0.25, -0.2) is 13.8 Å². The van der Waals surface area contributed by atoms with Gasteiger partial charge in [0, 0.05) is 47.7 Å². The van der Waals surface area contributed by atoms with Crippen molar-refractivity contribution in [2.45, 2.75) is 50.4 Å².